The van der Waals surface area contributed by atoms with Crippen molar-refractivity contribution in [3.63, 3.8) is 0 Å². The van der Waals surface area contributed by atoms with Crippen LogP contribution in [-0.2, 0) is 0 Å². The molecule has 0 aliphatic rings. The third kappa shape index (κ3) is 1.55. The van der Waals surface area contributed by atoms with Crippen molar-refractivity contribution in [1.29, 1.82) is 0 Å². The third-order valence-electron chi connectivity index (χ3n) is 0.962. The minimum absolute atomic E-state index is 0.363. The van der Waals surface area contributed by atoms with Crippen LogP contribution in [0.25, 0.3) is 0 Å². The molecule has 54 valence electrons. The molecule has 0 bridgehead atoms. The summed E-state index contributed by atoms with van der Waals surface area (Å²) in [5.41, 5.74) is -1.90. The molecule has 10 heavy (non-hydrogen) atoms. The minimum atomic E-state index is -1.90. The van der Waals surface area contributed by atoms with Gasteiger partial charge >= 0.3 is 0 Å². The molecule has 0 aliphatic carbocycles. The molecule has 0 unspecified atom stereocenters. The highest BCUT2D eigenvalue weighted by atomic mass is 35.5. The number of halogens is 2. The molecule has 0 fully saturated rings. The van der Waals surface area contributed by atoms with Crippen molar-refractivity contribution in [3.8, 4) is 0 Å². The first kappa shape index (κ1) is 7.69. The van der Waals surface area contributed by atoms with E-state index in [9.17, 15) is 9.18 Å². The number of thiophene rings is 1. The number of carbonyl (C=O) groups excluding carboxylic acids is 1. The average molecular weight is 179 g/mol. The number of Topliss-reactive ketones (excluding diaryl/α,β-unsaturated/α-hetero) is 1. The monoisotopic (exact) mass is 178 g/mol. The lowest BCUT2D eigenvalue weighted by Crippen LogP contribution is -2.06. The van der Waals surface area contributed by atoms with Crippen LogP contribution in [0.4, 0.5) is 4.39 Å². The topological polar surface area (TPSA) is 17.1 Å². The Kier molecular flexibility index (Phi) is 2.40. The molecule has 0 saturated carbocycles. The zero-order valence-corrected chi connectivity index (χ0v) is 6.45. The van der Waals surface area contributed by atoms with E-state index in [1.165, 1.54) is 11.3 Å². The number of ketones is 1. The molecule has 0 saturated heterocycles. The maximum Gasteiger partial charge on any atom is 0.236 e. The number of carbonyl (C=O) groups is 1. The Bertz CT molecular complexity index is 220. The Hall–Kier alpha value is -0.410. The van der Waals surface area contributed by atoms with E-state index in [1.54, 1.807) is 17.5 Å². The van der Waals surface area contributed by atoms with Gasteiger partial charge in [-0.05, 0) is 11.4 Å². The largest absolute Gasteiger partial charge is 0.288 e. The summed E-state index contributed by atoms with van der Waals surface area (Å²) in [7, 11) is 0. The Morgan fingerprint density at radius 3 is 2.90 bits per heavy atom. The fourth-order valence-corrected chi connectivity index (χ4v) is 1.39. The van der Waals surface area contributed by atoms with E-state index >= 15 is 0 Å². The zero-order valence-electron chi connectivity index (χ0n) is 4.88. The first-order chi connectivity index (χ1) is 4.72. The zero-order chi connectivity index (χ0) is 7.56. The van der Waals surface area contributed by atoms with Gasteiger partial charge in [-0.3, -0.25) is 4.79 Å². The van der Waals surface area contributed by atoms with Gasteiger partial charge in [-0.25, -0.2) is 4.39 Å². The Labute approximate surface area is 66.4 Å². The van der Waals surface area contributed by atoms with Crippen LogP contribution in [0.5, 0.6) is 0 Å². The number of rotatable bonds is 2. The van der Waals surface area contributed by atoms with E-state index in [1.807, 2.05) is 0 Å². The Morgan fingerprint density at radius 2 is 2.50 bits per heavy atom. The van der Waals surface area contributed by atoms with E-state index in [0.717, 1.165) is 0 Å². The second-order valence-electron chi connectivity index (χ2n) is 1.64. The van der Waals surface area contributed by atoms with Crippen LogP contribution >= 0.6 is 22.9 Å². The summed E-state index contributed by atoms with van der Waals surface area (Å²) >= 11 is 6.10. The number of alkyl halides is 2. The van der Waals surface area contributed by atoms with Gasteiger partial charge in [0.05, 0.1) is 4.88 Å². The first-order valence-electron chi connectivity index (χ1n) is 2.57. The Morgan fingerprint density at radius 1 is 1.80 bits per heavy atom. The van der Waals surface area contributed by atoms with Gasteiger partial charge in [0.25, 0.3) is 0 Å². The molecule has 1 atom stereocenters. The maximum absolute atomic E-state index is 12.1. The van der Waals surface area contributed by atoms with Gasteiger partial charge in [0.1, 0.15) is 0 Å². The van der Waals surface area contributed by atoms with Crippen molar-refractivity contribution in [2.75, 3.05) is 0 Å². The SMILES string of the molecule is O=C(c1cccs1)[C@H](F)Cl. The summed E-state index contributed by atoms with van der Waals surface area (Å²) in [6.45, 7) is 0. The summed E-state index contributed by atoms with van der Waals surface area (Å²) in [4.78, 5) is 11.1. The molecule has 0 radical (unpaired) electrons. The predicted molar refractivity (Wildman–Crippen MR) is 39.4 cm³/mol. The van der Waals surface area contributed by atoms with Crippen molar-refractivity contribution >= 4 is 28.7 Å². The standard InChI is InChI=1S/C6H4ClFOS/c7-6(8)5(9)4-2-1-3-10-4/h1-3,6H/t6-/m0/s1. The fraction of sp³-hybridized carbons (Fsp3) is 0.167. The fourth-order valence-electron chi connectivity index (χ4n) is 0.526. The summed E-state index contributed by atoms with van der Waals surface area (Å²) in [5.74, 6) is -0.656. The average Bonchev–Trinajstić information content (AvgIpc) is 2.36. The number of hydrogen-bond donors (Lipinski definition) is 0. The number of hydrogen-bond acceptors (Lipinski definition) is 2. The van der Waals surface area contributed by atoms with Crippen molar-refractivity contribution in [2.45, 2.75) is 5.63 Å². The van der Waals surface area contributed by atoms with Crippen LogP contribution in [0.2, 0.25) is 0 Å². The van der Waals surface area contributed by atoms with Crippen LogP contribution in [0.15, 0.2) is 17.5 Å². The quantitative estimate of drug-likeness (QED) is 0.502. The van der Waals surface area contributed by atoms with Gasteiger partial charge in [-0.1, -0.05) is 17.7 Å². The highest BCUT2D eigenvalue weighted by Crippen LogP contribution is 2.14. The van der Waals surface area contributed by atoms with Gasteiger partial charge in [0.2, 0.25) is 11.4 Å². The summed E-state index contributed by atoms with van der Waals surface area (Å²) in [6, 6.07) is 3.22. The molecule has 0 aliphatic heterocycles. The molecule has 1 rings (SSSR count). The molecule has 0 aromatic carbocycles. The van der Waals surface area contributed by atoms with Crippen molar-refractivity contribution in [1.82, 2.24) is 0 Å². The van der Waals surface area contributed by atoms with Gasteiger partial charge in [0, 0.05) is 0 Å². The second kappa shape index (κ2) is 3.12. The summed E-state index contributed by atoms with van der Waals surface area (Å²) < 4.78 is 12.1. The van der Waals surface area contributed by atoms with Gasteiger partial charge in [-0.15, -0.1) is 11.3 Å². The highest BCUT2D eigenvalue weighted by molar-refractivity contribution is 7.12. The first-order valence-corrected chi connectivity index (χ1v) is 3.89. The van der Waals surface area contributed by atoms with Crippen LogP contribution in [0.1, 0.15) is 9.67 Å². The van der Waals surface area contributed by atoms with E-state index < -0.39 is 11.4 Å². The Balaban J connectivity index is 2.78. The molecule has 0 spiro atoms. The molecule has 1 nitrogen and oxygen atoms in total. The van der Waals surface area contributed by atoms with Gasteiger partial charge in [-0.2, -0.15) is 0 Å². The minimum Gasteiger partial charge on any atom is -0.288 e. The lowest BCUT2D eigenvalue weighted by atomic mass is 10.3. The highest BCUT2D eigenvalue weighted by Gasteiger charge is 2.15. The molecular weight excluding hydrogens is 175 g/mol. The van der Waals surface area contributed by atoms with E-state index in [4.69, 9.17) is 11.6 Å². The van der Waals surface area contributed by atoms with Crippen LogP contribution in [0, 0.1) is 0 Å². The van der Waals surface area contributed by atoms with Crippen LogP contribution < -0.4 is 0 Å². The second-order valence-corrected chi connectivity index (χ2v) is 2.97. The maximum atomic E-state index is 12.1. The van der Waals surface area contributed by atoms with E-state index in [0.29, 0.717) is 4.88 Å². The molecule has 0 amide bonds. The van der Waals surface area contributed by atoms with Crippen LogP contribution in [-0.4, -0.2) is 11.4 Å². The summed E-state index contributed by atoms with van der Waals surface area (Å²) in [5, 5.41) is 1.70. The lowest BCUT2D eigenvalue weighted by molar-refractivity contribution is 0.0938. The smallest absolute Gasteiger partial charge is 0.236 e. The molecule has 0 N–H and O–H groups in total. The molecule has 1 aromatic heterocycles. The lowest BCUT2D eigenvalue weighted by Gasteiger charge is -1.92. The molecule has 1 aromatic rings. The molecule has 4 heteroatoms. The van der Waals surface area contributed by atoms with Crippen molar-refractivity contribution in [3.05, 3.63) is 22.4 Å². The normalized spacial score (nSPS) is 13.0. The van der Waals surface area contributed by atoms with Gasteiger partial charge < -0.3 is 0 Å². The van der Waals surface area contributed by atoms with E-state index in [-0.39, 0.29) is 0 Å². The van der Waals surface area contributed by atoms with Crippen LogP contribution in [0.3, 0.4) is 0 Å². The van der Waals surface area contributed by atoms with Crippen molar-refractivity contribution in [2.24, 2.45) is 0 Å². The third-order valence-corrected chi connectivity index (χ3v) is 2.04. The predicted octanol–water partition coefficient (Wildman–Crippen LogP) is 2.47. The van der Waals surface area contributed by atoms with Crippen molar-refractivity contribution < 1.29 is 9.18 Å². The molecular formula is C6H4ClFOS. The van der Waals surface area contributed by atoms with E-state index in [2.05, 4.69) is 0 Å². The van der Waals surface area contributed by atoms with Gasteiger partial charge in [0.15, 0.2) is 0 Å². The molecule has 1 heterocycles. The summed E-state index contributed by atoms with van der Waals surface area (Å²) in [6.07, 6.45) is 0.